The zero-order valence-electron chi connectivity index (χ0n) is 16.5. The molecule has 1 fully saturated rings. The van der Waals surface area contributed by atoms with Crippen LogP contribution in [0, 0.1) is 11.6 Å². The first kappa shape index (κ1) is 19.7. The lowest BCUT2D eigenvalue weighted by atomic mass is 10.1. The van der Waals surface area contributed by atoms with E-state index in [0.717, 1.165) is 11.3 Å². The van der Waals surface area contributed by atoms with Crippen molar-refractivity contribution < 1.29 is 18.7 Å². The van der Waals surface area contributed by atoms with Crippen LogP contribution in [-0.4, -0.2) is 53.6 Å². The van der Waals surface area contributed by atoms with E-state index in [4.69, 9.17) is 5.73 Å². The number of carboxylic acids is 1. The third-order valence-corrected chi connectivity index (χ3v) is 6.95. The lowest BCUT2D eigenvalue weighted by Gasteiger charge is -2.34. The van der Waals surface area contributed by atoms with Gasteiger partial charge in [-0.2, -0.15) is 0 Å². The van der Waals surface area contributed by atoms with Gasteiger partial charge in [0.25, 0.3) is 0 Å². The Morgan fingerprint density at radius 3 is 2.48 bits per heavy atom. The first-order chi connectivity index (χ1) is 14.8. The second-order valence-corrected chi connectivity index (χ2v) is 8.65. The fraction of sp³-hybridized carbons (Fsp3) is 0.238. The summed E-state index contributed by atoms with van der Waals surface area (Å²) in [5.74, 6) is -3.43. The molecule has 3 heterocycles. The summed E-state index contributed by atoms with van der Waals surface area (Å²) in [6, 6.07) is 6.94. The number of nitrogens with zero attached hydrogens (tertiary/aromatic N) is 3. The number of carbonyl (C=O) groups is 1. The van der Waals surface area contributed by atoms with Gasteiger partial charge < -0.3 is 20.6 Å². The van der Waals surface area contributed by atoms with Crippen molar-refractivity contribution in [2.24, 2.45) is 0 Å². The molecule has 10 heteroatoms. The van der Waals surface area contributed by atoms with Crippen LogP contribution in [0.3, 0.4) is 0 Å². The largest absolute Gasteiger partial charge is 0.477 e. The van der Waals surface area contributed by atoms with Crippen molar-refractivity contribution in [3.63, 3.8) is 0 Å². The monoisotopic (exact) mass is 444 g/mol. The van der Waals surface area contributed by atoms with E-state index >= 15 is 8.78 Å². The molecule has 2 aromatic heterocycles. The van der Waals surface area contributed by atoms with Crippen LogP contribution >= 0.6 is 11.3 Å². The highest BCUT2D eigenvalue weighted by atomic mass is 32.1. The molecule has 0 unspecified atom stereocenters. The molecule has 5 rings (SSSR count). The van der Waals surface area contributed by atoms with Gasteiger partial charge in [0.2, 0.25) is 5.43 Å². The Balaban J connectivity index is 2.00. The highest BCUT2D eigenvalue weighted by molar-refractivity contribution is 7.24. The van der Waals surface area contributed by atoms with E-state index in [0.29, 0.717) is 36.4 Å². The number of carboxylic acid groups (broad SMARTS) is 1. The lowest BCUT2D eigenvalue weighted by Crippen LogP contribution is -2.45. The number of nitrogen functional groups attached to an aromatic ring is 1. The molecule has 1 aliphatic heterocycles. The summed E-state index contributed by atoms with van der Waals surface area (Å²) in [6.45, 7) is 2.02. The minimum Gasteiger partial charge on any atom is -0.477 e. The van der Waals surface area contributed by atoms with E-state index in [1.165, 1.54) is 4.40 Å². The van der Waals surface area contributed by atoms with E-state index in [9.17, 15) is 14.7 Å². The van der Waals surface area contributed by atoms with Gasteiger partial charge in [0.15, 0.2) is 11.6 Å². The molecule has 0 amide bonds. The predicted octanol–water partition coefficient (Wildman–Crippen LogP) is 2.98. The first-order valence-electron chi connectivity index (χ1n) is 9.64. The molecule has 0 aliphatic carbocycles. The number of para-hydroxylation sites is 1. The molecule has 1 aliphatic rings. The van der Waals surface area contributed by atoms with Crippen molar-refractivity contribution in [3.8, 4) is 0 Å². The molecule has 4 aromatic rings. The number of nitrogens with two attached hydrogens (primary N) is 1. The third kappa shape index (κ3) is 2.71. The fourth-order valence-corrected chi connectivity index (χ4v) is 5.40. The van der Waals surface area contributed by atoms with E-state index in [2.05, 4.69) is 0 Å². The topological polar surface area (TPSA) is 91.3 Å². The summed E-state index contributed by atoms with van der Waals surface area (Å²) in [6.07, 6.45) is 0. The van der Waals surface area contributed by atoms with Crippen molar-refractivity contribution in [2.45, 2.75) is 0 Å². The number of hydrogen-bond donors (Lipinski definition) is 2. The summed E-state index contributed by atoms with van der Waals surface area (Å²) >= 11 is 1.07. The average molecular weight is 444 g/mol. The van der Waals surface area contributed by atoms with Crippen LogP contribution in [0.25, 0.3) is 25.9 Å². The SMILES string of the molecule is CN1CCN(c2c(F)c(N)c3c(=O)c(C(=O)O)c4sc5ccccc5n4c3c2F)CC1. The number of pyridine rings is 1. The van der Waals surface area contributed by atoms with Crippen molar-refractivity contribution >= 4 is 54.6 Å². The van der Waals surface area contributed by atoms with Gasteiger partial charge in [0.05, 0.1) is 26.8 Å². The van der Waals surface area contributed by atoms with Gasteiger partial charge in [0.1, 0.15) is 16.1 Å². The van der Waals surface area contributed by atoms with E-state index in [1.54, 1.807) is 29.2 Å². The molecule has 3 N–H and O–H groups in total. The van der Waals surface area contributed by atoms with Gasteiger partial charge in [-0.25, -0.2) is 13.6 Å². The molecule has 0 atom stereocenters. The van der Waals surface area contributed by atoms with Crippen LogP contribution < -0.4 is 16.1 Å². The zero-order chi connectivity index (χ0) is 22.0. The summed E-state index contributed by atoms with van der Waals surface area (Å²) < 4.78 is 33.3. The standard InChI is InChI=1S/C21H18F2N4O3S/c1-25-6-8-26(9-7-25)18-14(22)16(24)12-17(15(18)23)27-10-4-2-3-5-11(10)31-20(27)13(19(12)28)21(29)30/h2-5H,6-9,24H2,1H3,(H,29,30). The number of aromatic carboxylic acids is 1. The number of fused-ring (bicyclic) bond motifs is 5. The normalized spacial score (nSPS) is 15.4. The van der Waals surface area contributed by atoms with Crippen LogP contribution in [0.5, 0.6) is 0 Å². The van der Waals surface area contributed by atoms with Crippen LogP contribution in [0.1, 0.15) is 10.4 Å². The summed E-state index contributed by atoms with van der Waals surface area (Å²) in [7, 11) is 1.92. The molecule has 1 saturated heterocycles. The molecular formula is C21H18F2N4O3S. The van der Waals surface area contributed by atoms with Crippen molar-refractivity contribution in [2.75, 3.05) is 43.9 Å². The molecule has 0 bridgehead atoms. The van der Waals surface area contributed by atoms with Crippen LogP contribution in [0.2, 0.25) is 0 Å². The highest BCUT2D eigenvalue weighted by Gasteiger charge is 2.31. The van der Waals surface area contributed by atoms with Crippen LogP contribution in [0.15, 0.2) is 29.1 Å². The number of likely N-dealkylation sites (N-methyl/N-ethyl adjacent to an activating group) is 1. The highest BCUT2D eigenvalue weighted by Crippen LogP contribution is 2.39. The van der Waals surface area contributed by atoms with E-state index in [1.807, 2.05) is 11.9 Å². The van der Waals surface area contributed by atoms with Crippen molar-refractivity contribution in [1.82, 2.24) is 9.30 Å². The number of rotatable bonds is 2. The Labute approximate surface area is 178 Å². The Morgan fingerprint density at radius 1 is 1.13 bits per heavy atom. The molecular weight excluding hydrogens is 426 g/mol. The van der Waals surface area contributed by atoms with Gasteiger partial charge >= 0.3 is 5.97 Å². The second kappa shape index (κ2) is 6.89. The third-order valence-electron chi connectivity index (χ3n) is 5.81. The maximum atomic E-state index is 16.0. The lowest BCUT2D eigenvalue weighted by molar-refractivity contribution is 0.0697. The number of benzene rings is 2. The predicted molar refractivity (Wildman–Crippen MR) is 118 cm³/mol. The average Bonchev–Trinajstić information content (AvgIpc) is 3.11. The molecule has 2 aromatic carbocycles. The zero-order valence-corrected chi connectivity index (χ0v) is 17.3. The Morgan fingerprint density at radius 2 is 1.81 bits per heavy atom. The van der Waals surface area contributed by atoms with Gasteiger partial charge in [-0.15, -0.1) is 11.3 Å². The quantitative estimate of drug-likeness (QED) is 0.462. The van der Waals surface area contributed by atoms with E-state index < -0.39 is 39.7 Å². The smallest absolute Gasteiger partial charge is 0.342 e. The molecule has 7 nitrogen and oxygen atoms in total. The molecule has 160 valence electrons. The Kier molecular flexibility index (Phi) is 4.38. The number of thiazole rings is 1. The van der Waals surface area contributed by atoms with Crippen LogP contribution in [0.4, 0.5) is 20.2 Å². The second-order valence-electron chi connectivity index (χ2n) is 7.62. The van der Waals surface area contributed by atoms with Gasteiger partial charge in [0, 0.05) is 26.2 Å². The number of piperazine rings is 1. The Bertz CT molecular complexity index is 1450. The Hall–Kier alpha value is -3.24. The summed E-state index contributed by atoms with van der Waals surface area (Å²) in [5.41, 5.74) is 3.97. The van der Waals surface area contributed by atoms with Crippen molar-refractivity contribution in [1.29, 1.82) is 0 Å². The molecule has 0 spiro atoms. The molecule has 31 heavy (non-hydrogen) atoms. The minimum absolute atomic E-state index is 0.0837. The first-order valence-corrected chi connectivity index (χ1v) is 10.5. The number of anilines is 2. The molecule has 0 saturated carbocycles. The maximum Gasteiger partial charge on any atom is 0.342 e. The van der Waals surface area contributed by atoms with Crippen LogP contribution in [-0.2, 0) is 0 Å². The number of halogens is 2. The maximum absolute atomic E-state index is 16.0. The fourth-order valence-electron chi connectivity index (χ4n) is 4.21. The van der Waals surface area contributed by atoms with Gasteiger partial charge in [-0.05, 0) is 19.2 Å². The van der Waals surface area contributed by atoms with Crippen molar-refractivity contribution in [3.05, 3.63) is 51.7 Å². The molecule has 0 radical (unpaired) electrons. The van der Waals surface area contributed by atoms with Gasteiger partial charge in [-0.1, -0.05) is 12.1 Å². The van der Waals surface area contributed by atoms with Gasteiger partial charge in [-0.3, -0.25) is 9.20 Å². The number of hydrogen-bond acceptors (Lipinski definition) is 6. The minimum atomic E-state index is -1.47. The summed E-state index contributed by atoms with van der Waals surface area (Å²) in [5, 5.41) is 9.26. The van der Waals surface area contributed by atoms with E-state index in [-0.39, 0.29) is 16.0 Å². The number of aromatic nitrogens is 1. The summed E-state index contributed by atoms with van der Waals surface area (Å²) in [4.78, 5) is 28.7.